The predicted molar refractivity (Wildman–Crippen MR) is 165 cm³/mol. The van der Waals surface area contributed by atoms with E-state index in [1.165, 1.54) is 5.69 Å². The molecule has 0 unspecified atom stereocenters. The number of anilines is 1. The average molecular weight is 561 g/mol. The Bertz CT molecular complexity index is 2000. The highest BCUT2D eigenvalue weighted by Crippen LogP contribution is 2.43. The van der Waals surface area contributed by atoms with Gasteiger partial charge in [0.25, 0.3) is 0 Å². The Hall–Kier alpha value is -4.92. The summed E-state index contributed by atoms with van der Waals surface area (Å²) in [7, 11) is 1.68. The number of hydrogen-bond donors (Lipinski definition) is 1. The van der Waals surface area contributed by atoms with E-state index in [2.05, 4.69) is 63.6 Å². The van der Waals surface area contributed by atoms with Crippen LogP contribution in [0.5, 0.6) is 5.75 Å². The van der Waals surface area contributed by atoms with E-state index in [9.17, 15) is 4.79 Å². The number of ether oxygens (including phenoxy) is 1. The van der Waals surface area contributed by atoms with Crippen LogP contribution in [0.15, 0.2) is 53.1 Å². The van der Waals surface area contributed by atoms with Crippen LogP contribution in [0.2, 0.25) is 0 Å². The van der Waals surface area contributed by atoms with Crippen molar-refractivity contribution in [2.24, 2.45) is 0 Å². The summed E-state index contributed by atoms with van der Waals surface area (Å²) in [5.74, 6) is 2.30. The van der Waals surface area contributed by atoms with Crippen molar-refractivity contribution < 1.29 is 14.1 Å². The molecule has 1 aliphatic heterocycles. The van der Waals surface area contributed by atoms with E-state index in [0.717, 1.165) is 98.5 Å². The minimum Gasteiger partial charge on any atom is -0.496 e. The van der Waals surface area contributed by atoms with Crippen molar-refractivity contribution in [3.8, 4) is 28.1 Å². The van der Waals surface area contributed by atoms with Gasteiger partial charge in [-0.1, -0.05) is 35.5 Å². The maximum Gasteiger partial charge on any atom is 0.219 e. The first-order chi connectivity index (χ1) is 20.3. The van der Waals surface area contributed by atoms with Crippen LogP contribution in [0, 0.1) is 20.8 Å². The van der Waals surface area contributed by atoms with Crippen molar-refractivity contribution >= 4 is 44.3 Å². The standard InChI is InChI=1S/C33H32N6O3/c1-18-30(19(2)42-37-18)26-16-27-25(17-29(26)41-5)31-32(34-20(3)35-33(31)36-27)24-10-11-28(23-9-7-6-8-22(23)24)39-14-12-38(13-15-39)21(4)40/h6-11,16-17H,12-15H2,1-5H3,(H,34,35,36). The monoisotopic (exact) mass is 560 g/mol. The van der Waals surface area contributed by atoms with Crippen LogP contribution in [0.1, 0.15) is 24.2 Å². The van der Waals surface area contributed by atoms with Crippen LogP contribution < -0.4 is 9.64 Å². The molecule has 1 N–H and O–H groups in total. The van der Waals surface area contributed by atoms with Crippen LogP contribution >= 0.6 is 0 Å². The molecule has 6 aromatic rings. The van der Waals surface area contributed by atoms with Gasteiger partial charge in [-0.25, -0.2) is 9.97 Å². The molecule has 3 aromatic heterocycles. The number of amides is 1. The lowest BCUT2D eigenvalue weighted by Crippen LogP contribution is -2.48. The highest BCUT2D eigenvalue weighted by molar-refractivity contribution is 6.16. The maximum atomic E-state index is 11.9. The predicted octanol–water partition coefficient (Wildman–Crippen LogP) is 6.19. The fraction of sp³-hybridized carbons (Fsp3) is 0.273. The number of fused-ring (bicyclic) bond motifs is 4. The molecule has 1 saturated heterocycles. The van der Waals surface area contributed by atoms with Gasteiger partial charge < -0.3 is 24.0 Å². The third kappa shape index (κ3) is 4.07. The molecule has 7 rings (SSSR count). The Morgan fingerprint density at radius 3 is 2.38 bits per heavy atom. The van der Waals surface area contributed by atoms with E-state index in [1.54, 1.807) is 14.0 Å². The molecule has 9 nitrogen and oxygen atoms in total. The summed E-state index contributed by atoms with van der Waals surface area (Å²) in [6, 6.07) is 17.0. The smallest absolute Gasteiger partial charge is 0.219 e. The van der Waals surface area contributed by atoms with Gasteiger partial charge in [0.15, 0.2) is 0 Å². The Kier molecular flexibility index (Phi) is 6.11. The minimum atomic E-state index is 0.132. The van der Waals surface area contributed by atoms with Crippen LogP contribution in [-0.2, 0) is 4.79 Å². The summed E-state index contributed by atoms with van der Waals surface area (Å²) in [4.78, 5) is 29.5. The normalized spacial score (nSPS) is 13.9. The van der Waals surface area contributed by atoms with Gasteiger partial charge in [-0.3, -0.25) is 4.79 Å². The number of H-pyrrole nitrogens is 1. The van der Waals surface area contributed by atoms with Crippen molar-refractivity contribution in [1.29, 1.82) is 0 Å². The second kappa shape index (κ2) is 9.87. The quantitative estimate of drug-likeness (QED) is 0.274. The fourth-order valence-corrected chi connectivity index (χ4v) is 6.39. The molecule has 4 heterocycles. The molecule has 0 atom stereocenters. The van der Waals surface area contributed by atoms with Gasteiger partial charge in [0, 0.05) is 66.2 Å². The molecule has 1 fully saturated rings. The number of methoxy groups -OCH3 is 1. The largest absolute Gasteiger partial charge is 0.496 e. The Morgan fingerprint density at radius 1 is 0.929 bits per heavy atom. The molecule has 0 saturated carbocycles. The lowest BCUT2D eigenvalue weighted by molar-refractivity contribution is -0.129. The molecule has 0 spiro atoms. The molecule has 1 amide bonds. The summed E-state index contributed by atoms with van der Waals surface area (Å²) in [6.07, 6.45) is 0. The lowest BCUT2D eigenvalue weighted by atomic mass is 9.96. The number of aromatic amines is 1. The molecule has 212 valence electrons. The van der Waals surface area contributed by atoms with Gasteiger partial charge in [0.05, 0.1) is 29.4 Å². The molecule has 0 aliphatic carbocycles. The van der Waals surface area contributed by atoms with Crippen molar-refractivity contribution in [3.05, 3.63) is 65.8 Å². The molecule has 1 aliphatic rings. The third-order valence-electron chi connectivity index (χ3n) is 8.41. The van der Waals surface area contributed by atoms with Crippen LogP contribution in [-0.4, -0.2) is 64.2 Å². The Labute approximate surface area is 243 Å². The average Bonchev–Trinajstić information content (AvgIpc) is 3.52. The number of hydrogen-bond acceptors (Lipinski definition) is 7. The van der Waals surface area contributed by atoms with Crippen molar-refractivity contribution in [2.75, 3.05) is 38.2 Å². The lowest BCUT2D eigenvalue weighted by Gasteiger charge is -2.36. The van der Waals surface area contributed by atoms with E-state index < -0.39 is 0 Å². The first-order valence-corrected chi connectivity index (χ1v) is 14.2. The molecule has 3 aromatic carbocycles. The molecular weight excluding hydrogens is 528 g/mol. The van der Waals surface area contributed by atoms with Gasteiger partial charge in [-0.15, -0.1) is 0 Å². The summed E-state index contributed by atoms with van der Waals surface area (Å²) in [6.45, 7) is 10.5. The number of benzene rings is 3. The molecule has 42 heavy (non-hydrogen) atoms. The Morgan fingerprint density at radius 2 is 1.69 bits per heavy atom. The van der Waals surface area contributed by atoms with Crippen molar-refractivity contribution in [1.82, 2.24) is 25.0 Å². The highest BCUT2D eigenvalue weighted by atomic mass is 16.5. The zero-order valence-electron chi connectivity index (χ0n) is 24.4. The van der Waals surface area contributed by atoms with E-state index >= 15 is 0 Å². The highest BCUT2D eigenvalue weighted by Gasteiger charge is 2.24. The number of nitrogens with one attached hydrogen (secondary N) is 1. The van der Waals surface area contributed by atoms with E-state index in [-0.39, 0.29) is 5.91 Å². The van der Waals surface area contributed by atoms with Crippen LogP contribution in [0.4, 0.5) is 5.69 Å². The molecular formula is C33H32N6O3. The topological polar surface area (TPSA) is 100 Å². The summed E-state index contributed by atoms with van der Waals surface area (Å²) in [5, 5.41) is 8.37. The third-order valence-corrected chi connectivity index (χ3v) is 8.41. The number of aromatic nitrogens is 4. The maximum absolute atomic E-state index is 11.9. The first kappa shape index (κ1) is 26.0. The van der Waals surface area contributed by atoms with Crippen LogP contribution in [0.3, 0.4) is 0 Å². The Balaban J connectivity index is 1.42. The first-order valence-electron chi connectivity index (χ1n) is 14.2. The molecule has 0 bridgehead atoms. The zero-order valence-corrected chi connectivity index (χ0v) is 24.4. The van der Waals surface area contributed by atoms with E-state index in [1.807, 2.05) is 25.7 Å². The number of piperazine rings is 1. The van der Waals surface area contributed by atoms with Crippen molar-refractivity contribution in [3.63, 3.8) is 0 Å². The van der Waals surface area contributed by atoms with E-state index in [4.69, 9.17) is 19.2 Å². The molecule has 9 heteroatoms. The summed E-state index contributed by atoms with van der Waals surface area (Å²) < 4.78 is 11.4. The van der Waals surface area contributed by atoms with Crippen LogP contribution in [0.25, 0.3) is 55.1 Å². The summed E-state index contributed by atoms with van der Waals surface area (Å²) >= 11 is 0. The summed E-state index contributed by atoms with van der Waals surface area (Å²) in [5.41, 5.74) is 7.46. The second-order valence-corrected chi connectivity index (χ2v) is 10.9. The number of carbonyl (C=O) groups is 1. The minimum absolute atomic E-state index is 0.132. The van der Waals surface area contributed by atoms with Crippen molar-refractivity contribution in [2.45, 2.75) is 27.7 Å². The second-order valence-electron chi connectivity index (χ2n) is 10.9. The number of nitrogens with zero attached hydrogens (tertiary/aromatic N) is 5. The zero-order chi connectivity index (χ0) is 29.1. The number of aryl methyl sites for hydroxylation is 3. The number of rotatable bonds is 4. The SMILES string of the molecule is COc1cc2c(cc1-c1c(C)noc1C)[nH]c1nc(C)nc(-c3ccc(N4CCN(C(C)=O)CC4)c4ccccc34)c12. The van der Waals surface area contributed by atoms with Gasteiger partial charge >= 0.3 is 0 Å². The van der Waals surface area contributed by atoms with Gasteiger partial charge in [0.1, 0.15) is 23.0 Å². The van der Waals surface area contributed by atoms with Gasteiger partial charge in [-0.05, 0) is 44.4 Å². The fourth-order valence-electron chi connectivity index (χ4n) is 6.39. The van der Waals surface area contributed by atoms with Gasteiger partial charge in [-0.2, -0.15) is 0 Å². The molecule has 0 radical (unpaired) electrons. The number of carbonyl (C=O) groups excluding carboxylic acids is 1. The van der Waals surface area contributed by atoms with E-state index in [0.29, 0.717) is 5.82 Å². The van der Waals surface area contributed by atoms with Gasteiger partial charge in [0.2, 0.25) is 5.91 Å².